The molecule has 0 radical (unpaired) electrons. The zero-order valence-electron chi connectivity index (χ0n) is 19.0. The van der Waals surface area contributed by atoms with E-state index in [1.807, 2.05) is 18.2 Å². The Labute approximate surface area is 186 Å². The molecule has 4 rings (SSSR count). The highest BCUT2D eigenvalue weighted by Gasteiger charge is 2.45. The average Bonchev–Trinajstić information content (AvgIpc) is 3.00. The first-order valence-corrected chi connectivity index (χ1v) is 12.1. The predicted octanol–water partition coefficient (Wildman–Crippen LogP) is 4.20. The van der Waals surface area contributed by atoms with Crippen LogP contribution >= 0.6 is 0 Å². The monoisotopic (exact) mass is 424 g/mol. The summed E-state index contributed by atoms with van der Waals surface area (Å²) in [5, 5.41) is 9.73. The number of imide groups is 1. The zero-order valence-corrected chi connectivity index (χ0v) is 19.0. The van der Waals surface area contributed by atoms with Gasteiger partial charge in [0.15, 0.2) is 0 Å². The highest BCUT2D eigenvalue weighted by Crippen LogP contribution is 2.37. The van der Waals surface area contributed by atoms with Crippen LogP contribution in [0, 0.1) is 19.8 Å². The van der Waals surface area contributed by atoms with Gasteiger partial charge in [0, 0.05) is 25.7 Å². The fourth-order valence-electron chi connectivity index (χ4n) is 5.43. The summed E-state index contributed by atoms with van der Waals surface area (Å²) in [4.78, 5) is 31.2. The molecule has 5 heteroatoms. The van der Waals surface area contributed by atoms with E-state index in [-0.39, 0.29) is 30.4 Å². The topological polar surface area (TPSA) is 60.9 Å². The Morgan fingerprint density at radius 3 is 2.29 bits per heavy atom. The highest BCUT2D eigenvalue weighted by atomic mass is 16.3. The SMILES string of the molecule is Cc1ccc(C2=C(N3CCCC(CO)C3)C(=O)N(C3CCCCCCC3)C2=O)cc1C. The summed E-state index contributed by atoms with van der Waals surface area (Å²) < 4.78 is 0. The molecule has 1 atom stereocenters. The van der Waals surface area contributed by atoms with Crippen molar-refractivity contribution in [1.29, 1.82) is 0 Å². The lowest BCUT2D eigenvalue weighted by Gasteiger charge is -2.35. The number of hydrogen-bond acceptors (Lipinski definition) is 4. The lowest BCUT2D eigenvalue weighted by Crippen LogP contribution is -2.44. The second-order valence-electron chi connectivity index (χ2n) is 9.64. The molecule has 1 aromatic carbocycles. The van der Waals surface area contributed by atoms with E-state index in [0.717, 1.165) is 56.2 Å². The molecule has 2 aliphatic heterocycles. The molecule has 1 unspecified atom stereocenters. The number of carbonyl (C=O) groups is 2. The average molecular weight is 425 g/mol. The molecule has 1 N–H and O–H groups in total. The van der Waals surface area contributed by atoms with Crippen LogP contribution in [-0.2, 0) is 9.59 Å². The molecule has 168 valence electrons. The molecule has 0 spiro atoms. The van der Waals surface area contributed by atoms with Gasteiger partial charge in [-0.2, -0.15) is 0 Å². The van der Waals surface area contributed by atoms with Crippen LogP contribution in [0.4, 0.5) is 0 Å². The summed E-state index contributed by atoms with van der Waals surface area (Å²) in [5.74, 6) is -0.0945. The number of carbonyl (C=O) groups excluding carboxylic acids is 2. The Morgan fingerprint density at radius 2 is 1.61 bits per heavy atom. The van der Waals surface area contributed by atoms with Gasteiger partial charge in [-0.25, -0.2) is 0 Å². The second kappa shape index (κ2) is 9.56. The summed E-state index contributed by atoms with van der Waals surface area (Å²) in [6.45, 7) is 5.63. The first kappa shape index (κ1) is 22.1. The minimum atomic E-state index is -0.125. The molecule has 0 aromatic heterocycles. The van der Waals surface area contributed by atoms with Crippen molar-refractivity contribution in [3.63, 3.8) is 0 Å². The maximum Gasteiger partial charge on any atom is 0.278 e. The number of aliphatic hydroxyl groups is 1. The van der Waals surface area contributed by atoms with Crippen LogP contribution < -0.4 is 0 Å². The molecule has 3 aliphatic rings. The molecule has 1 saturated heterocycles. The van der Waals surface area contributed by atoms with Crippen molar-refractivity contribution in [3.8, 4) is 0 Å². The lowest BCUT2D eigenvalue weighted by molar-refractivity contribution is -0.140. The van der Waals surface area contributed by atoms with Crippen molar-refractivity contribution in [2.24, 2.45) is 5.92 Å². The number of nitrogens with zero attached hydrogens (tertiary/aromatic N) is 2. The van der Waals surface area contributed by atoms with Gasteiger partial charge in [-0.15, -0.1) is 0 Å². The van der Waals surface area contributed by atoms with Gasteiger partial charge in [0.05, 0.1) is 5.57 Å². The van der Waals surface area contributed by atoms with Crippen molar-refractivity contribution < 1.29 is 14.7 Å². The standard InChI is InChI=1S/C26H36N2O3/c1-18-12-13-21(15-19(18)2)23-24(27-14-8-9-20(16-27)17-29)26(31)28(25(23)30)22-10-6-4-3-5-7-11-22/h12-13,15,20,22,29H,3-11,14,16-17H2,1-2H3. The van der Waals surface area contributed by atoms with Crippen LogP contribution in [-0.4, -0.2) is 52.5 Å². The van der Waals surface area contributed by atoms with E-state index in [0.29, 0.717) is 17.8 Å². The van der Waals surface area contributed by atoms with Gasteiger partial charge in [-0.05, 0) is 62.1 Å². The first-order valence-electron chi connectivity index (χ1n) is 12.1. The fraction of sp³-hybridized carbons (Fsp3) is 0.615. The summed E-state index contributed by atoms with van der Waals surface area (Å²) in [6, 6.07) is 6.07. The van der Waals surface area contributed by atoms with Gasteiger partial charge in [-0.1, -0.05) is 50.3 Å². The normalized spacial score (nSPS) is 24.0. The van der Waals surface area contributed by atoms with Crippen LogP contribution in [0.2, 0.25) is 0 Å². The summed E-state index contributed by atoms with van der Waals surface area (Å²) in [6.07, 6.45) is 9.48. The number of likely N-dealkylation sites (tertiary alicyclic amines) is 1. The molecule has 0 bridgehead atoms. The number of hydrogen-bond donors (Lipinski definition) is 1. The number of rotatable bonds is 4. The molecule has 5 nitrogen and oxygen atoms in total. The maximum atomic E-state index is 13.8. The van der Waals surface area contributed by atoms with E-state index in [1.54, 1.807) is 4.90 Å². The minimum Gasteiger partial charge on any atom is -0.396 e. The smallest absolute Gasteiger partial charge is 0.278 e. The maximum absolute atomic E-state index is 13.8. The third-order valence-corrected chi connectivity index (χ3v) is 7.42. The Balaban J connectivity index is 1.74. The highest BCUT2D eigenvalue weighted by molar-refractivity contribution is 6.35. The van der Waals surface area contributed by atoms with Crippen LogP contribution in [0.1, 0.15) is 74.5 Å². The van der Waals surface area contributed by atoms with Crippen molar-refractivity contribution in [1.82, 2.24) is 9.80 Å². The zero-order chi connectivity index (χ0) is 22.0. The Hall–Kier alpha value is -2.14. The molecule has 31 heavy (non-hydrogen) atoms. The number of piperidine rings is 1. The molecule has 2 amide bonds. The van der Waals surface area contributed by atoms with Crippen molar-refractivity contribution in [3.05, 3.63) is 40.6 Å². The van der Waals surface area contributed by atoms with Gasteiger partial charge >= 0.3 is 0 Å². The summed E-state index contributed by atoms with van der Waals surface area (Å²) in [7, 11) is 0. The number of aryl methyl sites for hydroxylation is 2. The second-order valence-corrected chi connectivity index (χ2v) is 9.64. The minimum absolute atomic E-state index is 0.00206. The molecule has 1 saturated carbocycles. The van der Waals surface area contributed by atoms with E-state index in [4.69, 9.17) is 0 Å². The van der Waals surface area contributed by atoms with Gasteiger partial charge in [-0.3, -0.25) is 14.5 Å². The van der Waals surface area contributed by atoms with Crippen LogP contribution in [0.15, 0.2) is 23.9 Å². The Morgan fingerprint density at radius 1 is 0.903 bits per heavy atom. The van der Waals surface area contributed by atoms with Crippen LogP contribution in [0.3, 0.4) is 0 Å². The number of aliphatic hydroxyl groups excluding tert-OH is 1. The quantitative estimate of drug-likeness (QED) is 0.736. The number of benzene rings is 1. The van der Waals surface area contributed by atoms with E-state index < -0.39 is 0 Å². The van der Waals surface area contributed by atoms with E-state index in [1.165, 1.54) is 24.8 Å². The molecular formula is C26H36N2O3. The largest absolute Gasteiger partial charge is 0.396 e. The van der Waals surface area contributed by atoms with Crippen LogP contribution in [0.5, 0.6) is 0 Å². The molecule has 1 aromatic rings. The van der Waals surface area contributed by atoms with E-state index in [2.05, 4.69) is 18.7 Å². The third kappa shape index (κ3) is 4.43. The third-order valence-electron chi connectivity index (χ3n) is 7.42. The summed E-state index contributed by atoms with van der Waals surface area (Å²) >= 11 is 0. The Bertz CT molecular complexity index is 867. The Kier molecular flexibility index (Phi) is 6.80. The fourth-order valence-corrected chi connectivity index (χ4v) is 5.43. The van der Waals surface area contributed by atoms with Gasteiger partial charge in [0.2, 0.25) is 0 Å². The van der Waals surface area contributed by atoms with Crippen molar-refractivity contribution in [2.75, 3.05) is 19.7 Å². The first-order chi connectivity index (χ1) is 15.0. The molecular weight excluding hydrogens is 388 g/mol. The van der Waals surface area contributed by atoms with Gasteiger partial charge in [0.1, 0.15) is 5.70 Å². The van der Waals surface area contributed by atoms with Crippen molar-refractivity contribution in [2.45, 2.75) is 77.7 Å². The van der Waals surface area contributed by atoms with E-state index in [9.17, 15) is 14.7 Å². The molecule has 2 heterocycles. The molecule has 2 fully saturated rings. The predicted molar refractivity (Wildman–Crippen MR) is 122 cm³/mol. The number of amides is 2. The van der Waals surface area contributed by atoms with Gasteiger partial charge < -0.3 is 10.0 Å². The van der Waals surface area contributed by atoms with E-state index >= 15 is 0 Å². The van der Waals surface area contributed by atoms with Gasteiger partial charge in [0.25, 0.3) is 11.8 Å². The lowest BCUT2D eigenvalue weighted by atomic mass is 9.95. The molecule has 1 aliphatic carbocycles. The van der Waals surface area contributed by atoms with Crippen LogP contribution in [0.25, 0.3) is 5.57 Å². The summed E-state index contributed by atoms with van der Waals surface area (Å²) in [5.41, 5.74) is 4.27. The van der Waals surface area contributed by atoms with Crippen molar-refractivity contribution >= 4 is 17.4 Å².